The molecular formula is C11H12Cl2O. The van der Waals surface area contributed by atoms with Gasteiger partial charge in [0.25, 0.3) is 0 Å². The lowest BCUT2D eigenvalue weighted by molar-refractivity contribution is 0.340. The molecule has 76 valence electrons. The van der Waals surface area contributed by atoms with Crippen molar-refractivity contribution < 1.29 is 4.74 Å². The van der Waals surface area contributed by atoms with Crippen molar-refractivity contribution in [2.75, 3.05) is 12.5 Å². The Morgan fingerprint density at radius 1 is 1.43 bits per heavy atom. The van der Waals surface area contributed by atoms with Crippen LogP contribution in [-0.4, -0.2) is 12.5 Å². The Bertz CT molecular complexity index is 310. The zero-order valence-corrected chi connectivity index (χ0v) is 9.31. The van der Waals surface area contributed by atoms with Crippen LogP contribution in [0.4, 0.5) is 0 Å². The van der Waals surface area contributed by atoms with E-state index in [1.165, 1.54) is 0 Å². The van der Waals surface area contributed by atoms with Crippen molar-refractivity contribution in [2.24, 2.45) is 0 Å². The zero-order chi connectivity index (χ0) is 10.4. The van der Waals surface area contributed by atoms with Crippen LogP contribution < -0.4 is 4.74 Å². The van der Waals surface area contributed by atoms with Gasteiger partial charge < -0.3 is 4.74 Å². The second kappa shape index (κ2) is 5.94. The standard InChI is InChI=1S/C11H12Cl2O/c1-2-3-9-8-10(13)4-5-11(9)14-7-6-12/h2,4-5,8H,1,3,6-7H2. The van der Waals surface area contributed by atoms with Gasteiger partial charge in [-0.1, -0.05) is 17.7 Å². The number of hydrogen-bond donors (Lipinski definition) is 0. The molecule has 1 rings (SSSR count). The molecule has 0 saturated carbocycles. The fourth-order valence-electron chi connectivity index (χ4n) is 1.15. The molecule has 0 aliphatic carbocycles. The second-order valence-electron chi connectivity index (χ2n) is 2.78. The van der Waals surface area contributed by atoms with Gasteiger partial charge in [0.2, 0.25) is 0 Å². The lowest BCUT2D eigenvalue weighted by Crippen LogP contribution is -2.00. The summed E-state index contributed by atoms with van der Waals surface area (Å²) in [5.41, 5.74) is 1.04. The molecular weight excluding hydrogens is 219 g/mol. The van der Waals surface area contributed by atoms with E-state index in [1.54, 1.807) is 6.07 Å². The van der Waals surface area contributed by atoms with Crippen LogP contribution in [0, 0.1) is 0 Å². The van der Waals surface area contributed by atoms with Crippen LogP contribution in [0.3, 0.4) is 0 Å². The first kappa shape index (κ1) is 11.4. The van der Waals surface area contributed by atoms with E-state index in [0.717, 1.165) is 17.7 Å². The van der Waals surface area contributed by atoms with E-state index in [1.807, 2.05) is 18.2 Å². The Morgan fingerprint density at radius 3 is 2.86 bits per heavy atom. The van der Waals surface area contributed by atoms with Crippen molar-refractivity contribution in [3.05, 3.63) is 41.4 Å². The maximum absolute atomic E-state index is 5.87. The quantitative estimate of drug-likeness (QED) is 0.554. The number of ether oxygens (including phenoxy) is 1. The Labute approximate surface area is 94.3 Å². The maximum Gasteiger partial charge on any atom is 0.122 e. The third-order valence-electron chi connectivity index (χ3n) is 1.72. The number of allylic oxidation sites excluding steroid dienone is 1. The smallest absolute Gasteiger partial charge is 0.122 e. The predicted molar refractivity (Wildman–Crippen MR) is 61.6 cm³/mol. The minimum atomic E-state index is 0.482. The summed E-state index contributed by atoms with van der Waals surface area (Å²) >= 11 is 11.4. The molecule has 0 aliphatic heterocycles. The highest BCUT2D eigenvalue weighted by Gasteiger charge is 2.02. The summed E-state index contributed by atoms with van der Waals surface area (Å²) in [6.07, 6.45) is 2.57. The van der Waals surface area contributed by atoms with Gasteiger partial charge in [0.05, 0.1) is 5.88 Å². The second-order valence-corrected chi connectivity index (χ2v) is 3.60. The van der Waals surface area contributed by atoms with Crippen LogP contribution in [0.15, 0.2) is 30.9 Å². The van der Waals surface area contributed by atoms with E-state index >= 15 is 0 Å². The fraction of sp³-hybridized carbons (Fsp3) is 0.273. The Morgan fingerprint density at radius 2 is 2.21 bits per heavy atom. The highest BCUT2D eigenvalue weighted by molar-refractivity contribution is 6.30. The summed E-state index contributed by atoms with van der Waals surface area (Å²) in [5.74, 6) is 1.31. The third kappa shape index (κ3) is 3.24. The van der Waals surface area contributed by atoms with Gasteiger partial charge in [-0.25, -0.2) is 0 Å². The van der Waals surface area contributed by atoms with Gasteiger partial charge in [0.15, 0.2) is 0 Å². The molecule has 1 nitrogen and oxygen atoms in total. The van der Waals surface area contributed by atoms with Crippen molar-refractivity contribution in [2.45, 2.75) is 6.42 Å². The molecule has 0 spiro atoms. The maximum atomic E-state index is 5.87. The Hall–Kier alpha value is -0.660. The minimum absolute atomic E-state index is 0.482. The van der Waals surface area contributed by atoms with E-state index < -0.39 is 0 Å². The zero-order valence-electron chi connectivity index (χ0n) is 7.80. The molecule has 0 unspecified atom stereocenters. The third-order valence-corrected chi connectivity index (χ3v) is 2.11. The number of halogens is 2. The summed E-state index contributed by atoms with van der Waals surface area (Å²) in [7, 11) is 0. The summed E-state index contributed by atoms with van der Waals surface area (Å²) in [6.45, 7) is 4.19. The summed E-state index contributed by atoms with van der Waals surface area (Å²) in [5, 5.41) is 0.708. The molecule has 0 aliphatic rings. The van der Waals surface area contributed by atoms with Crippen LogP contribution >= 0.6 is 23.2 Å². The molecule has 14 heavy (non-hydrogen) atoms. The average molecular weight is 231 g/mol. The van der Waals surface area contributed by atoms with E-state index in [0.29, 0.717) is 17.5 Å². The van der Waals surface area contributed by atoms with E-state index in [9.17, 15) is 0 Å². The van der Waals surface area contributed by atoms with E-state index in [-0.39, 0.29) is 0 Å². The van der Waals surface area contributed by atoms with E-state index in [2.05, 4.69) is 6.58 Å². The predicted octanol–water partition coefficient (Wildman–Crippen LogP) is 3.69. The molecule has 1 aromatic carbocycles. The first-order valence-electron chi connectivity index (χ1n) is 4.36. The molecule has 0 N–H and O–H groups in total. The van der Waals surface area contributed by atoms with Crippen molar-refractivity contribution >= 4 is 23.2 Å². The highest BCUT2D eigenvalue weighted by atomic mass is 35.5. The fourth-order valence-corrected chi connectivity index (χ4v) is 1.42. The molecule has 0 aromatic heterocycles. The van der Waals surface area contributed by atoms with Crippen LogP contribution in [0.5, 0.6) is 5.75 Å². The summed E-state index contributed by atoms with van der Waals surface area (Å²) < 4.78 is 5.46. The van der Waals surface area contributed by atoms with Gasteiger partial charge >= 0.3 is 0 Å². The number of hydrogen-bond acceptors (Lipinski definition) is 1. The monoisotopic (exact) mass is 230 g/mol. The summed E-state index contributed by atoms with van der Waals surface area (Å²) in [6, 6.07) is 5.54. The van der Waals surface area contributed by atoms with Crippen molar-refractivity contribution in [3.8, 4) is 5.75 Å². The van der Waals surface area contributed by atoms with Crippen molar-refractivity contribution in [1.82, 2.24) is 0 Å². The van der Waals surface area contributed by atoms with Crippen LogP contribution in [0.2, 0.25) is 5.02 Å². The largest absolute Gasteiger partial charge is 0.492 e. The van der Waals surface area contributed by atoms with Gasteiger partial charge in [-0.2, -0.15) is 0 Å². The molecule has 0 heterocycles. The summed E-state index contributed by atoms with van der Waals surface area (Å²) in [4.78, 5) is 0. The topological polar surface area (TPSA) is 9.23 Å². The first-order chi connectivity index (χ1) is 6.77. The first-order valence-corrected chi connectivity index (χ1v) is 5.27. The van der Waals surface area contributed by atoms with Crippen LogP contribution in [0.1, 0.15) is 5.56 Å². The molecule has 1 aromatic rings. The van der Waals surface area contributed by atoms with Gasteiger partial charge in [0, 0.05) is 5.02 Å². The van der Waals surface area contributed by atoms with Crippen molar-refractivity contribution in [3.63, 3.8) is 0 Å². The van der Waals surface area contributed by atoms with Gasteiger partial charge in [-0.3, -0.25) is 0 Å². The average Bonchev–Trinajstić information content (AvgIpc) is 2.17. The van der Waals surface area contributed by atoms with Gasteiger partial charge in [-0.05, 0) is 30.2 Å². The molecule has 3 heteroatoms. The van der Waals surface area contributed by atoms with E-state index in [4.69, 9.17) is 27.9 Å². The van der Waals surface area contributed by atoms with Crippen LogP contribution in [0.25, 0.3) is 0 Å². The number of benzene rings is 1. The number of alkyl halides is 1. The van der Waals surface area contributed by atoms with Crippen molar-refractivity contribution in [1.29, 1.82) is 0 Å². The van der Waals surface area contributed by atoms with Gasteiger partial charge in [0.1, 0.15) is 12.4 Å². The Kier molecular flexibility index (Phi) is 4.85. The van der Waals surface area contributed by atoms with Gasteiger partial charge in [-0.15, -0.1) is 18.2 Å². The normalized spacial score (nSPS) is 9.86. The SMILES string of the molecule is C=CCc1cc(Cl)ccc1OCCCl. The Balaban J connectivity index is 2.83. The highest BCUT2D eigenvalue weighted by Crippen LogP contribution is 2.23. The lowest BCUT2D eigenvalue weighted by Gasteiger charge is -2.09. The minimum Gasteiger partial charge on any atom is -0.492 e. The lowest BCUT2D eigenvalue weighted by atomic mass is 10.1. The number of rotatable bonds is 5. The molecule has 0 atom stereocenters. The molecule has 0 bridgehead atoms. The molecule has 0 fully saturated rings. The van der Waals surface area contributed by atoms with Crippen LogP contribution in [-0.2, 0) is 6.42 Å². The molecule has 0 radical (unpaired) electrons. The molecule has 0 amide bonds. The molecule has 0 saturated heterocycles.